The minimum atomic E-state index is -0.901. The molecule has 0 saturated heterocycles. The van der Waals surface area contributed by atoms with E-state index < -0.39 is 5.97 Å². The molecule has 0 aliphatic heterocycles. The Morgan fingerprint density at radius 2 is 2.20 bits per heavy atom. The molecule has 82 valence electrons. The smallest absolute Gasteiger partial charge is 0.336 e. The molecule has 1 unspecified atom stereocenters. The molecular formula is C11H14O3S. The normalized spacial score (nSPS) is 12.4. The molecule has 0 aromatic heterocycles. The van der Waals surface area contributed by atoms with E-state index in [1.165, 1.54) is 11.8 Å². The van der Waals surface area contributed by atoms with Gasteiger partial charge in [-0.3, -0.25) is 0 Å². The zero-order chi connectivity index (χ0) is 11.3. The number of thioether (sulfide) groups is 1. The second-order valence-corrected chi connectivity index (χ2v) is 4.28. The van der Waals surface area contributed by atoms with Crippen molar-refractivity contribution in [3.05, 3.63) is 29.8 Å². The van der Waals surface area contributed by atoms with Gasteiger partial charge in [0.1, 0.15) is 5.44 Å². The van der Waals surface area contributed by atoms with Crippen molar-refractivity contribution >= 4 is 17.7 Å². The van der Waals surface area contributed by atoms with Gasteiger partial charge in [0, 0.05) is 11.5 Å². The molecule has 0 fully saturated rings. The average molecular weight is 226 g/mol. The summed E-state index contributed by atoms with van der Waals surface area (Å²) in [6.45, 7) is 4.45. The van der Waals surface area contributed by atoms with Gasteiger partial charge in [-0.1, -0.05) is 23.9 Å². The van der Waals surface area contributed by atoms with Crippen LogP contribution in [0, 0.1) is 0 Å². The lowest BCUT2D eigenvalue weighted by atomic mass is 10.2. The molecule has 1 atom stereocenters. The second kappa shape index (κ2) is 5.78. The van der Waals surface area contributed by atoms with E-state index in [1.807, 2.05) is 19.9 Å². The summed E-state index contributed by atoms with van der Waals surface area (Å²) in [5.41, 5.74) is 0.296. The van der Waals surface area contributed by atoms with E-state index in [2.05, 4.69) is 0 Å². The number of carboxylic acid groups (broad SMARTS) is 1. The highest BCUT2D eigenvalue weighted by atomic mass is 32.2. The summed E-state index contributed by atoms with van der Waals surface area (Å²) in [5.74, 6) is -0.901. The van der Waals surface area contributed by atoms with Crippen LogP contribution in [0.25, 0.3) is 0 Å². The van der Waals surface area contributed by atoms with Crippen LogP contribution in [0.3, 0.4) is 0 Å². The van der Waals surface area contributed by atoms with Crippen LogP contribution in [0.2, 0.25) is 0 Å². The Labute approximate surface area is 93.4 Å². The molecule has 0 spiro atoms. The maximum Gasteiger partial charge on any atom is 0.336 e. The van der Waals surface area contributed by atoms with Crippen LogP contribution in [0.4, 0.5) is 0 Å². The fourth-order valence-electron chi connectivity index (χ4n) is 1.19. The molecule has 15 heavy (non-hydrogen) atoms. The molecule has 1 rings (SSSR count). The van der Waals surface area contributed by atoms with E-state index in [0.717, 1.165) is 4.90 Å². The van der Waals surface area contributed by atoms with Gasteiger partial charge in [0.05, 0.1) is 5.56 Å². The Kier molecular flexibility index (Phi) is 4.65. The Balaban J connectivity index is 2.79. The SMILES string of the molecule is CCOC(C)Sc1ccccc1C(=O)O. The quantitative estimate of drug-likeness (QED) is 0.619. The van der Waals surface area contributed by atoms with Crippen LogP contribution in [-0.2, 0) is 4.74 Å². The summed E-state index contributed by atoms with van der Waals surface area (Å²) in [6.07, 6.45) is 0. The Bertz CT molecular complexity index is 338. The number of ether oxygens (including phenoxy) is 1. The van der Waals surface area contributed by atoms with Crippen LogP contribution in [-0.4, -0.2) is 23.1 Å². The molecule has 0 saturated carbocycles. The highest BCUT2D eigenvalue weighted by Crippen LogP contribution is 2.27. The zero-order valence-corrected chi connectivity index (χ0v) is 9.58. The number of hydrogen-bond donors (Lipinski definition) is 1. The Hall–Kier alpha value is -1.00. The fraction of sp³-hybridized carbons (Fsp3) is 0.364. The Morgan fingerprint density at radius 3 is 2.80 bits per heavy atom. The predicted molar refractivity (Wildman–Crippen MR) is 60.3 cm³/mol. The molecule has 0 amide bonds. The van der Waals surface area contributed by atoms with Crippen LogP contribution >= 0.6 is 11.8 Å². The third-order valence-electron chi connectivity index (χ3n) is 1.81. The van der Waals surface area contributed by atoms with Gasteiger partial charge in [0.15, 0.2) is 0 Å². The third kappa shape index (κ3) is 3.57. The first-order chi connectivity index (χ1) is 7.15. The van der Waals surface area contributed by atoms with Gasteiger partial charge >= 0.3 is 5.97 Å². The molecule has 1 aromatic carbocycles. The average Bonchev–Trinajstić information content (AvgIpc) is 2.18. The van der Waals surface area contributed by atoms with Crippen LogP contribution in [0.1, 0.15) is 24.2 Å². The highest BCUT2D eigenvalue weighted by Gasteiger charge is 2.12. The van der Waals surface area contributed by atoms with Crippen molar-refractivity contribution in [2.45, 2.75) is 24.2 Å². The molecular weight excluding hydrogens is 212 g/mol. The zero-order valence-electron chi connectivity index (χ0n) is 8.77. The minimum absolute atomic E-state index is 0.0319. The molecule has 1 aromatic rings. The molecule has 3 nitrogen and oxygen atoms in total. The van der Waals surface area contributed by atoms with E-state index in [-0.39, 0.29) is 5.44 Å². The van der Waals surface area contributed by atoms with Gasteiger partial charge < -0.3 is 9.84 Å². The van der Waals surface area contributed by atoms with Gasteiger partial charge in [-0.25, -0.2) is 4.79 Å². The molecule has 0 aliphatic carbocycles. The molecule has 0 heterocycles. The maximum absolute atomic E-state index is 10.9. The van der Waals surface area contributed by atoms with Crippen molar-refractivity contribution in [1.82, 2.24) is 0 Å². The summed E-state index contributed by atoms with van der Waals surface area (Å²) < 4.78 is 5.35. The lowest BCUT2D eigenvalue weighted by Gasteiger charge is -2.12. The summed E-state index contributed by atoms with van der Waals surface area (Å²) >= 11 is 1.42. The van der Waals surface area contributed by atoms with Gasteiger partial charge in [0.2, 0.25) is 0 Å². The Morgan fingerprint density at radius 1 is 1.53 bits per heavy atom. The van der Waals surface area contributed by atoms with E-state index in [4.69, 9.17) is 9.84 Å². The summed E-state index contributed by atoms with van der Waals surface area (Å²) in [5, 5.41) is 8.95. The lowest BCUT2D eigenvalue weighted by molar-refractivity contribution is 0.0693. The number of hydrogen-bond acceptors (Lipinski definition) is 3. The fourth-order valence-corrected chi connectivity index (χ4v) is 2.19. The van der Waals surface area contributed by atoms with E-state index in [0.29, 0.717) is 12.2 Å². The molecule has 0 aliphatic rings. The van der Waals surface area contributed by atoms with Gasteiger partial charge in [-0.15, -0.1) is 0 Å². The monoisotopic (exact) mass is 226 g/mol. The number of rotatable bonds is 5. The lowest BCUT2D eigenvalue weighted by Crippen LogP contribution is -2.05. The first kappa shape index (κ1) is 12.1. The van der Waals surface area contributed by atoms with Crippen molar-refractivity contribution in [1.29, 1.82) is 0 Å². The molecule has 0 bridgehead atoms. The van der Waals surface area contributed by atoms with Gasteiger partial charge in [-0.2, -0.15) is 0 Å². The highest BCUT2D eigenvalue weighted by molar-refractivity contribution is 7.99. The number of carbonyl (C=O) groups is 1. The van der Waals surface area contributed by atoms with Gasteiger partial charge in [-0.05, 0) is 26.0 Å². The summed E-state index contributed by atoms with van der Waals surface area (Å²) in [6, 6.07) is 6.94. The van der Waals surface area contributed by atoms with Crippen LogP contribution in [0.15, 0.2) is 29.2 Å². The first-order valence-electron chi connectivity index (χ1n) is 4.75. The summed E-state index contributed by atoms with van der Waals surface area (Å²) in [4.78, 5) is 11.6. The van der Waals surface area contributed by atoms with E-state index in [1.54, 1.807) is 18.2 Å². The summed E-state index contributed by atoms with van der Waals surface area (Å²) in [7, 11) is 0. The molecule has 1 N–H and O–H groups in total. The second-order valence-electron chi connectivity index (χ2n) is 2.94. The molecule has 0 radical (unpaired) electrons. The third-order valence-corrected chi connectivity index (χ3v) is 2.89. The topological polar surface area (TPSA) is 46.5 Å². The van der Waals surface area contributed by atoms with Crippen molar-refractivity contribution in [3.8, 4) is 0 Å². The van der Waals surface area contributed by atoms with Crippen molar-refractivity contribution < 1.29 is 14.6 Å². The number of carboxylic acids is 1. The minimum Gasteiger partial charge on any atom is -0.478 e. The largest absolute Gasteiger partial charge is 0.478 e. The van der Waals surface area contributed by atoms with Crippen molar-refractivity contribution in [3.63, 3.8) is 0 Å². The predicted octanol–water partition coefficient (Wildman–Crippen LogP) is 2.86. The number of aromatic carboxylic acids is 1. The van der Waals surface area contributed by atoms with Crippen molar-refractivity contribution in [2.24, 2.45) is 0 Å². The molecule has 4 heteroatoms. The maximum atomic E-state index is 10.9. The van der Waals surface area contributed by atoms with Gasteiger partial charge in [0.25, 0.3) is 0 Å². The first-order valence-corrected chi connectivity index (χ1v) is 5.63. The van der Waals surface area contributed by atoms with Crippen LogP contribution in [0.5, 0.6) is 0 Å². The number of benzene rings is 1. The van der Waals surface area contributed by atoms with Crippen molar-refractivity contribution in [2.75, 3.05) is 6.61 Å². The van der Waals surface area contributed by atoms with Crippen LogP contribution < -0.4 is 0 Å². The standard InChI is InChI=1S/C11H14O3S/c1-3-14-8(2)15-10-7-5-4-6-9(10)11(12)13/h4-8H,3H2,1-2H3,(H,12,13). The van der Waals surface area contributed by atoms with E-state index >= 15 is 0 Å². The van der Waals surface area contributed by atoms with E-state index in [9.17, 15) is 4.79 Å².